The molecule has 1 saturated carbocycles. The summed E-state index contributed by atoms with van der Waals surface area (Å²) in [6.07, 6.45) is 0.751. The minimum Gasteiger partial charge on any atom is -0.465 e. The SMILES string of the molecule is COC(=O)c1cccc(NC(=O)N2CCN3C(=O)N([C@@H]4C[C@H]4c4ccccc4)C(=O)C3C2)c1Cl. The third-order valence-electron chi connectivity index (χ3n) is 6.60. The number of esters is 1. The molecule has 0 radical (unpaired) electrons. The minimum atomic E-state index is -0.708. The second-order valence-electron chi connectivity index (χ2n) is 8.56. The maximum Gasteiger partial charge on any atom is 0.339 e. The number of nitrogens with zero attached hydrogens (tertiary/aromatic N) is 3. The number of anilines is 1. The van der Waals surface area contributed by atoms with Gasteiger partial charge >= 0.3 is 18.0 Å². The van der Waals surface area contributed by atoms with E-state index >= 15 is 0 Å². The van der Waals surface area contributed by atoms with Crippen LogP contribution >= 0.6 is 11.6 Å². The zero-order chi connectivity index (χ0) is 24.0. The van der Waals surface area contributed by atoms with Crippen LogP contribution in [0.5, 0.6) is 0 Å². The quantitative estimate of drug-likeness (QED) is 0.533. The van der Waals surface area contributed by atoms with Crippen molar-refractivity contribution >= 4 is 41.2 Å². The van der Waals surface area contributed by atoms with Gasteiger partial charge in [0.2, 0.25) is 0 Å². The van der Waals surface area contributed by atoms with E-state index in [0.29, 0.717) is 0 Å². The van der Waals surface area contributed by atoms with E-state index in [-0.39, 0.29) is 59.8 Å². The van der Waals surface area contributed by atoms with Gasteiger partial charge in [-0.05, 0) is 24.1 Å². The van der Waals surface area contributed by atoms with E-state index < -0.39 is 18.0 Å². The number of fused-ring (bicyclic) bond motifs is 1. The number of hydrogen-bond acceptors (Lipinski definition) is 5. The summed E-state index contributed by atoms with van der Waals surface area (Å²) >= 11 is 6.27. The number of ether oxygens (including phenoxy) is 1. The summed E-state index contributed by atoms with van der Waals surface area (Å²) in [6.45, 7) is 0.623. The van der Waals surface area contributed by atoms with Gasteiger partial charge in [-0.15, -0.1) is 0 Å². The number of rotatable bonds is 4. The molecule has 2 heterocycles. The average molecular weight is 483 g/mol. The summed E-state index contributed by atoms with van der Waals surface area (Å²) in [5.41, 5.74) is 1.51. The Hall–Kier alpha value is -3.59. The van der Waals surface area contributed by atoms with E-state index in [4.69, 9.17) is 16.3 Å². The number of imide groups is 1. The van der Waals surface area contributed by atoms with E-state index in [1.807, 2.05) is 30.3 Å². The van der Waals surface area contributed by atoms with Crippen molar-refractivity contribution in [3.63, 3.8) is 0 Å². The molecule has 176 valence electrons. The third kappa shape index (κ3) is 3.75. The van der Waals surface area contributed by atoms with E-state index in [0.717, 1.165) is 12.0 Å². The molecular formula is C24H23ClN4O5. The average Bonchev–Trinajstić information content (AvgIpc) is 3.60. The molecular weight excluding hydrogens is 460 g/mol. The summed E-state index contributed by atoms with van der Waals surface area (Å²) in [5.74, 6) is -0.727. The third-order valence-corrected chi connectivity index (χ3v) is 7.01. The number of piperazine rings is 1. The number of carbonyl (C=O) groups excluding carboxylic acids is 4. The fraction of sp³-hybridized carbons (Fsp3) is 0.333. The van der Waals surface area contributed by atoms with Crippen LogP contribution < -0.4 is 5.32 Å². The molecule has 9 nitrogen and oxygen atoms in total. The van der Waals surface area contributed by atoms with Gasteiger partial charge in [0.1, 0.15) is 6.04 Å². The Kier molecular flexibility index (Phi) is 5.65. The summed E-state index contributed by atoms with van der Waals surface area (Å²) in [4.78, 5) is 55.4. The van der Waals surface area contributed by atoms with Gasteiger partial charge in [-0.2, -0.15) is 0 Å². The molecule has 2 aliphatic heterocycles. The molecule has 1 aliphatic carbocycles. The van der Waals surface area contributed by atoms with Crippen molar-refractivity contribution < 1.29 is 23.9 Å². The van der Waals surface area contributed by atoms with Crippen LogP contribution in [0.15, 0.2) is 48.5 Å². The molecule has 2 saturated heterocycles. The van der Waals surface area contributed by atoms with Crippen molar-refractivity contribution in [2.24, 2.45) is 0 Å². The first-order valence-electron chi connectivity index (χ1n) is 11.0. The molecule has 3 atom stereocenters. The monoisotopic (exact) mass is 482 g/mol. The lowest BCUT2D eigenvalue weighted by atomic mass is 10.1. The van der Waals surface area contributed by atoms with Crippen molar-refractivity contribution in [2.75, 3.05) is 32.1 Å². The van der Waals surface area contributed by atoms with E-state index in [2.05, 4.69) is 5.32 Å². The predicted molar refractivity (Wildman–Crippen MR) is 124 cm³/mol. The molecule has 5 amide bonds. The van der Waals surface area contributed by atoms with Gasteiger partial charge < -0.3 is 19.9 Å². The Morgan fingerprint density at radius 1 is 1.06 bits per heavy atom. The topological polar surface area (TPSA) is 99.3 Å². The van der Waals surface area contributed by atoms with Gasteiger partial charge in [0.25, 0.3) is 5.91 Å². The van der Waals surface area contributed by atoms with Crippen molar-refractivity contribution in [2.45, 2.75) is 24.4 Å². The molecule has 3 aliphatic rings. The lowest BCUT2D eigenvalue weighted by Gasteiger charge is -2.35. The Labute approximate surface area is 201 Å². The second kappa shape index (κ2) is 8.64. The van der Waals surface area contributed by atoms with Crippen LogP contribution in [-0.4, -0.2) is 77.5 Å². The number of benzene rings is 2. The van der Waals surface area contributed by atoms with E-state index in [1.165, 1.54) is 23.0 Å². The molecule has 5 rings (SSSR count). The first-order chi connectivity index (χ1) is 16.4. The lowest BCUT2D eigenvalue weighted by Crippen LogP contribution is -2.55. The molecule has 3 fully saturated rings. The summed E-state index contributed by atoms with van der Waals surface area (Å²) in [7, 11) is 1.25. The molecule has 2 aromatic rings. The van der Waals surface area contributed by atoms with Crippen LogP contribution in [-0.2, 0) is 9.53 Å². The number of halogens is 1. The number of nitrogens with one attached hydrogen (secondary N) is 1. The Morgan fingerprint density at radius 2 is 1.82 bits per heavy atom. The van der Waals surface area contributed by atoms with E-state index in [1.54, 1.807) is 17.0 Å². The summed E-state index contributed by atoms with van der Waals surface area (Å²) < 4.78 is 4.71. The highest BCUT2D eigenvalue weighted by Crippen LogP contribution is 2.46. The molecule has 34 heavy (non-hydrogen) atoms. The highest BCUT2D eigenvalue weighted by molar-refractivity contribution is 6.36. The number of urea groups is 2. The highest BCUT2D eigenvalue weighted by atomic mass is 35.5. The van der Waals surface area contributed by atoms with Crippen molar-refractivity contribution in [1.82, 2.24) is 14.7 Å². The van der Waals surface area contributed by atoms with Gasteiger partial charge in [-0.25, -0.2) is 14.4 Å². The van der Waals surface area contributed by atoms with Crippen molar-refractivity contribution in [3.05, 3.63) is 64.7 Å². The standard InChI is InChI=1S/C24H23ClN4O5/c1-34-22(31)15-8-5-9-17(20(15)25)26-23(32)27-10-11-28-19(13-27)21(30)29(24(28)33)18-12-16(18)14-6-3-2-4-7-14/h2-9,16,18-19H,10-13H2,1H3,(H,26,32)/t16-,18+,19?/m0/s1. The molecule has 0 spiro atoms. The maximum absolute atomic E-state index is 13.2. The molecule has 1 N–H and O–H groups in total. The van der Waals surface area contributed by atoms with Gasteiger partial charge in [-0.3, -0.25) is 9.69 Å². The largest absolute Gasteiger partial charge is 0.465 e. The molecule has 2 aromatic carbocycles. The Bertz CT molecular complexity index is 1170. The minimum absolute atomic E-state index is 0.0697. The lowest BCUT2D eigenvalue weighted by molar-refractivity contribution is -0.129. The van der Waals surface area contributed by atoms with Crippen molar-refractivity contribution in [1.29, 1.82) is 0 Å². The predicted octanol–water partition coefficient (Wildman–Crippen LogP) is 3.16. The number of carbonyl (C=O) groups is 4. The fourth-order valence-corrected chi connectivity index (χ4v) is 4.97. The smallest absolute Gasteiger partial charge is 0.339 e. The maximum atomic E-state index is 13.2. The van der Waals surface area contributed by atoms with Crippen LogP contribution in [0.25, 0.3) is 0 Å². The molecule has 0 bridgehead atoms. The van der Waals surface area contributed by atoms with Crippen LogP contribution in [0, 0.1) is 0 Å². The van der Waals surface area contributed by atoms with Crippen LogP contribution in [0.3, 0.4) is 0 Å². The zero-order valence-electron chi connectivity index (χ0n) is 18.4. The number of hydrogen-bond donors (Lipinski definition) is 1. The Morgan fingerprint density at radius 3 is 2.56 bits per heavy atom. The number of amides is 5. The number of methoxy groups -OCH3 is 1. The first kappa shape index (κ1) is 22.2. The summed E-state index contributed by atoms with van der Waals surface area (Å²) in [5, 5.41) is 2.77. The summed E-state index contributed by atoms with van der Waals surface area (Å²) in [6, 6.07) is 12.9. The first-order valence-corrected chi connectivity index (χ1v) is 11.4. The van der Waals surface area contributed by atoms with Crippen molar-refractivity contribution in [3.8, 4) is 0 Å². The molecule has 10 heteroatoms. The van der Waals surface area contributed by atoms with Gasteiger partial charge in [0.05, 0.1) is 29.9 Å². The normalized spacial score (nSPS) is 23.6. The van der Waals surface area contributed by atoms with Crippen LogP contribution in [0.1, 0.15) is 28.3 Å². The fourth-order valence-electron chi connectivity index (χ4n) is 4.72. The van der Waals surface area contributed by atoms with Crippen LogP contribution in [0.2, 0.25) is 5.02 Å². The Balaban J connectivity index is 1.26. The molecule has 1 unspecified atom stereocenters. The molecule has 0 aromatic heterocycles. The van der Waals surface area contributed by atoms with E-state index in [9.17, 15) is 19.2 Å². The highest BCUT2D eigenvalue weighted by Gasteiger charge is 2.56. The second-order valence-corrected chi connectivity index (χ2v) is 8.93. The zero-order valence-corrected chi connectivity index (χ0v) is 19.2. The van der Waals surface area contributed by atoms with Crippen LogP contribution in [0.4, 0.5) is 15.3 Å². The van der Waals surface area contributed by atoms with Gasteiger partial charge in [0.15, 0.2) is 0 Å². The van der Waals surface area contributed by atoms with Gasteiger partial charge in [-0.1, -0.05) is 48.0 Å². The van der Waals surface area contributed by atoms with Gasteiger partial charge in [0, 0.05) is 25.0 Å².